The fraction of sp³-hybridized carbons (Fsp3) is 0.176. The van der Waals surface area contributed by atoms with Crippen LogP contribution in [0.15, 0.2) is 47.6 Å². The Bertz CT molecular complexity index is 706. The predicted molar refractivity (Wildman–Crippen MR) is 83.7 cm³/mol. The fourth-order valence-corrected chi connectivity index (χ4v) is 1.88. The number of nitrogens with one attached hydrogen (secondary N) is 1. The van der Waals surface area contributed by atoms with E-state index in [-0.39, 0.29) is 11.7 Å². The zero-order valence-electron chi connectivity index (χ0n) is 12.3. The third-order valence-corrected chi connectivity index (χ3v) is 3.36. The normalized spacial score (nSPS) is 11.3. The summed E-state index contributed by atoms with van der Waals surface area (Å²) in [5.41, 5.74) is 6.96. The van der Waals surface area contributed by atoms with Crippen molar-refractivity contribution in [2.45, 2.75) is 20.8 Å². The Labute approximate surface area is 124 Å². The number of phenols is 1. The zero-order valence-corrected chi connectivity index (χ0v) is 12.3. The number of phenolic OH excluding ortho intramolecular Hbond substituents is 1. The summed E-state index contributed by atoms with van der Waals surface area (Å²) in [5.74, 6) is -0.299. The van der Waals surface area contributed by atoms with E-state index < -0.39 is 0 Å². The summed E-state index contributed by atoms with van der Waals surface area (Å²) in [6.45, 7) is 5.93. The van der Waals surface area contributed by atoms with Gasteiger partial charge in [0.15, 0.2) is 0 Å². The van der Waals surface area contributed by atoms with Crippen molar-refractivity contribution in [2.24, 2.45) is 5.10 Å². The lowest BCUT2D eigenvalue weighted by atomic mass is 10.0. The van der Waals surface area contributed by atoms with Crippen LogP contribution in [0.4, 0.5) is 0 Å². The Kier molecular flexibility index (Phi) is 4.38. The summed E-state index contributed by atoms with van der Waals surface area (Å²) in [6, 6.07) is 12.2. The first kappa shape index (κ1) is 14.8. The van der Waals surface area contributed by atoms with Gasteiger partial charge in [-0.1, -0.05) is 18.2 Å². The minimum Gasteiger partial charge on any atom is -0.508 e. The summed E-state index contributed by atoms with van der Waals surface area (Å²) in [7, 11) is 0. The number of amides is 1. The number of hydrogen-bond donors (Lipinski definition) is 2. The monoisotopic (exact) mass is 282 g/mol. The highest BCUT2D eigenvalue weighted by Gasteiger charge is 2.06. The number of benzene rings is 2. The van der Waals surface area contributed by atoms with E-state index in [4.69, 9.17) is 0 Å². The zero-order chi connectivity index (χ0) is 15.4. The molecule has 0 atom stereocenters. The summed E-state index contributed by atoms with van der Waals surface area (Å²) < 4.78 is 0. The number of carbonyl (C=O) groups is 1. The molecular formula is C17H18N2O2. The van der Waals surface area contributed by atoms with Crippen LogP contribution in [-0.4, -0.2) is 16.7 Å². The SMILES string of the molecule is C/C(=N/NC(=O)c1cccc(O)c1)c1ccc(C)c(C)c1. The molecule has 0 fully saturated rings. The lowest BCUT2D eigenvalue weighted by Crippen LogP contribution is -2.19. The van der Waals surface area contributed by atoms with Gasteiger partial charge in [0.2, 0.25) is 0 Å². The average molecular weight is 282 g/mol. The van der Waals surface area contributed by atoms with Gasteiger partial charge in [0, 0.05) is 5.56 Å². The Balaban J connectivity index is 2.13. The van der Waals surface area contributed by atoms with Crippen molar-refractivity contribution in [3.8, 4) is 5.75 Å². The van der Waals surface area contributed by atoms with Gasteiger partial charge in [-0.2, -0.15) is 5.10 Å². The van der Waals surface area contributed by atoms with Crippen LogP contribution in [0.5, 0.6) is 5.75 Å². The Morgan fingerprint density at radius 2 is 1.81 bits per heavy atom. The smallest absolute Gasteiger partial charge is 0.271 e. The van der Waals surface area contributed by atoms with E-state index in [9.17, 15) is 9.90 Å². The molecule has 0 aromatic heterocycles. The second kappa shape index (κ2) is 6.22. The second-order valence-electron chi connectivity index (χ2n) is 4.99. The molecule has 0 saturated heterocycles. The van der Waals surface area contributed by atoms with Gasteiger partial charge in [0.25, 0.3) is 5.91 Å². The van der Waals surface area contributed by atoms with Gasteiger partial charge in [-0.3, -0.25) is 4.79 Å². The highest BCUT2D eigenvalue weighted by atomic mass is 16.3. The minimum absolute atomic E-state index is 0.0533. The number of aryl methyl sites for hydroxylation is 2. The number of nitrogens with zero attached hydrogens (tertiary/aromatic N) is 1. The van der Waals surface area contributed by atoms with Gasteiger partial charge < -0.3 is 5.11 Å². The molecule has 108 valence electrons. The van der Waals surface area contributed by atoms with Crippen molar-refractivity contribution < 1.29 is 9.90 Å². The quantitative estimate of drug-likeness (QED) is 0.671. The van der Waals surface area contributed by atoms with Gasteiger partial charge >= 0.3 is 0 Å². The van der Waals surface area contributed by atoms with Gasteiger partial charge in [-0.05, 0) is 61.7 Å². The number of aromatic hydroxyl groups is 1. The van der Waals surface area contributed by atoms with E-state index in [1.165, 1.54) is 23.3 Å². The van der Waals surface area contributed by atoms with E-state index in [0.29, 0.717) is 5.56 Å². The lowest BCUT2D eigenvalue weighted by Gasteiger charge is -2.06. The van der Waals surface area contributed by atoms with E-state index in [1.807, 2.05) is 32.0 Å². The molecule has 21 heavy (non-hydrogen) atoms. The minimum atomic E-state index is -0.353. The van der Waals surface area contributed by atoms with E-state index in [2.05, 4.69) is 17.5 Å². The van der Waals surface area contributed by atoms with Crippen LogP contribution in [0.25, 0.3) is 0 Å². The molecule has 0 aliphatic rings. The molecule has 0 unspecified atom stereocenters. The number of hydrogen-bond acceptors (Lipinski definition) is 3. The van der Waals surface area contributed by atoms with Gasteiger partial charge in [0.1, 0.15) is 5.75 Å². The Morgan fingerprint density at radius 3 is 2.48 bits per heavy atom. The molecule has 4 heteroatoms. The van der Waals surface area contributed by atoms with Crippen molar-refractivity contribution in [3.05, 3.63) is 64.7 Å². The second-order valence-corrected chi connectivity index (χ2v) is 4.99. The summed E-state index contributed by atoms with van der Waals surface area (Å²) >= 11 is 0. The summed E-state index contributed by atoms with van der Waals surface area (Å²) in [4.78, 5) is 11.9. The Hall–Kier alpha value is -2.62. The first-order valence-corrected chi connectivity index (χ1v) is 6.68. The molecule has 2 aromatic carbocycles. The molecule has 0 aliphatic heterocycles. The van der Waals surface area contributed by atoms with Crippen molar-refractivity contribution in [2.75, 3.05) is 0 Å². The molecule has 0 heterocycles. The molecule has 4 nitrogen and oxygen atoms in total. The van der Waals surface area contributed by atoms with Crippen LogP contribution in [0.2, 0.25) is 0 Å². The molecule has 0 bridgehead atoms. The fourth-order valence-electron chi connectivity index (χ4n) is 1.88. The van der Waals surface area contributed by atoms with Crippen LogP contribution in [0.3, 0.4) is 0 Å². The van der Waals surface area contributed by atoms with Crippen LogP contribution < -0.4 is 5.43 Å². The lowest BCUT2D eigenvalue weighted by molar-refractivity contribution is 0.0954. The van der Waals surface area contributed by atoms with Crippen molar-refractivity contribution in [1.29, 1.82) is 0 Å². The number of carbonyl (C=O) groups excluding carboxylic acids is 1. The summed E-state index contributed by atoms with van der Waals surface area (Å²) in [6.07, 6.45) is 0. The van der Waals surface area contributed by atoms with E-state index in [1.54, 1.807) is 12.1 Å². The van der Waals surface area contributed by atoms with E-state index in [0.717, 1.165) is 11.3 Å². The molecule has 0 aliphatic carbocycles. The molecule has 2 rings (SSSR count). The molecular weight excluding hydrogens is 264 g/mol. The third kappa shape index (κ3) is 3.69. The Morgan fingerprint density at radius 1 is 1.05 bits per heavy atom. The van der Waals surface area contributed by atoms with Gasteiger partial charge in [-0.15, -0.1) is 0 Å². The first-order chi connectivity index (χ1) is 9.97. The van der Waals surface area contributed by atoms with Crippen LogP contribution in [0, 0.1) is 13.8 Å². The van der Waals surface area contributed by atoms with Crippen molar-refractivity contribution in [1.82, 2.24) is 5.43 Å². The third-order valence-electron chi connectivity index (χ3n) is 3.36. The van der Waals surface area contributed by atoms with Gasteiger partial charge in [-0.25, -0.2) is 5.43 Å². The van der Waals surface area contributed by atoms with E-state index >= 15 is 0 Å². The van der Waals surface area contributed by atoms with Crippen LogP contribution >= 0.6 is 0 Å². The maximum absolute atomic E-state index is 11.9. The maximum atomic E-state index is 11.9. The number of rotatable bonds is 3. The molecule has 0 radical (unpaired) electrons. The predicted octanol–water partition coefficient (Wildman–Crippen LogP) is 3.16. The van der Waals surface area contributed by atoms with Crippen LogP contribution in [-0.2, 0) is 0 Å². The van der Waals surface area contributed by atoms with Crippen molar-refractivity contribution in [3.63, 3.8) is 0 Å². The standard InChI is InChI=1S/C17H18N2O2/c1-11-7-8-14(9-12(11)2)13(3)18-19-17(21)15-5-4-6-16(20)10-15/h4-10,20H,1-3H3,(H,19,21)/b18-13-. The number of hydrazone groups is 1. The molecule has 0 saturated carbocycles. The molecule has 1 amide bonds. The van der Waals surface area contributed by atoms with Crippen molar-refractivity contribution >= 4 is 11.6 Å². The van der Waals surface area contributed by atoms with Gasteiger partial charge in [0.05, 0.1) is 5.71 Å². The average Bonchev–Trinajstić information content (AvgIpc) is 2.47. The molecule has 0 spiro atoms. The summed E-state index contributed by atoms with van der Waals surface area (Å²) in [5, 5.41) is 13.5. The maximum Gasteiger partial charge on any atom is 0.271 e. The largest absolute Gasteiger partial charge is 0.508 e. The van der Waals surface area contributed by atoms with Crippen LogP contribution in [0.1, 0.15) is 34.0 Å². The highest BCUT2D eigenvalue weighted by Crippen LogP contribution is 2.12. The first-order valence-electron chi connectivity index (χ1n) is 6.68. The molecule has 2 aromatic rings. The molecule has 2 N–H and O–H groups in total. The highest BCUT2D eigenvalue weighted by molar-refractivity contribution is 6.01. The topological polar surface area (TPSA) is 61.7 Å².